The first kappa shape index (κ1) is 17.2. The van der Waals surface area contributed by atoms with E-state index in [4.69, 9.17) is 23.2 Å². The van der Waals surface area contributed by atoms with Crippen molar-refractivity contribution in [2.75, 3.05) is 26.2 Å². The van der Waals surface area contributed by atoms with Gasteiger partial charge < -0.3 is 5.32 Å². The summed E-state index contributed by atoms with van der Waals surface area (Å²) >= 11 is 12.4. The summed E-state index contributed by atoms with van der Waals surface area (Å²) in [6.45, 7) is 8.30. The van der Waals surface area contributed by atoms with E-state index in [9.17, 15) is 0 Å². The number of piperidine rings is 2. The van der Waals surface area contributed by atoms with Gasteiger partial charge in [0.1, 0.15) is 10.3 Å². The van der Waals surface area contributed by atoms with Gasteiger partial charge in [-0.05, 0) is 31.4 Å². The number of aromatic nitrogens is 2. The van der Waals surface area contributed by atoms with Crippen molar-refractivity contribution in [1.82, 2.24) is 19.8 Å². The zero-order chi connectivity index (χ0) is 17.6. The summed E-state index contributed by atoms with van der Waals surface area (Å²) in [5.41, 5.74) is 4.43. The van der Waals surface area contributed by atoms with Crippen LogP contribution >= 0.6 is 23.2 Å². The highest BCUT2D eigenvalue weighted by Crippen LogP contribution is 2.43. The molecule has 4 nitrogen and oxygen atoms in total. The first-order chi connectivity index (χ1) is 12.0. The van der Waals surface area contributed by atoms with Gasteiger partial charge in [-0.1, -0.05) is 23.2 Å². The van der Waals surface area contributed by atoms with E-state index in [2.05, 4.69) is 27.4 Å². The van der Waals surface area contributed by atoms with Gasteiger partial charge in [0.05, 0.1) is 25.5 Å². The van der Waals surface area contributed by atoms with Gasteiger partial charge in [0.15, 0.2) is 11.4 Å². The van der Waals surface area contributed by atoms with Crippen LogP contribution < -0.4 is 9.80 Å². The van der Waals surface area contributed by atoms with Gasteiger partial charge in [0, 0.05) is 37.1 Å². The Hall–Kier alpha value is -1.20. The third kappa shape index (κ3) is 3.06. The number of pyridine rings is 2. The molecule has 2 unspecified atom stereocenters. The molecule has 1 N–H and O–H groups in total. The molecule has 0 aromatic carbocycles. The second-order valence-corrected chi connectivity index (χ2v) is 8.28. The number of quaternary nitrogens is 1. The van der Waals surface area contributed by atoms with E-state index in [1.165, 1.54) is 17.8 Å². The Morgan fingerprint density at radius 3 is 1.84 bits per heavy atom. The molecule has 2 aliphatic heterocycles. The fraction of sp³-hybridized carbons (Fsp3) is 0.474. The highest BCUT2D eigenvalue weighted by atomic mass is 35.5. The molecule has 2 aromatic rings. The SMILES string of the molecule is Cc1cc([N+]2(c3cnc(Cl)c(C)c3)CC3CNCC(C3)C2)cnc1Cl. The third-order valence-corrected chi connectivity index (χ3v) is 6.45. The molecule has 0 aliphatic carbocycles. The standard InChI is InChI=1S/C19H23Cl2N4/c1-12-3-16(8-23-18(12)20)25(17-4-13(2)19(21)24-9-17)10-14-5-15(11-25)7-22-6-14/h3-4,8-9,14-15,22H,5-7,10-11H2,1-2H3/q+1. The quantitative estimate of drug-likeness (QED) is 0.626. The second-order valence-electron chi connectivity index (χ2n) is 7.56. The molecule has 2 fully saturated rings. The minimum absolute atomic E-state index is 0.575. The van der Waals surface area contributed by atoms with Crippen molar-refractivity contribution in [3.05, 3.63) is 46.0 Å². The van der Waals surface area contributed by atoms with E-state index >= 15 is 0 Å². The highest BCUT2D eigenvalue weighted by Gasteiger charge is 2.45. The number of nitrogens with one attached hydrogen (secondary N) is 1. The van der Waals surface area contributed by atoms with Gasteiger partial charge in [0.2, 0.25) is 0 Å². The van der Waals surface area contributed by atoms with Crippen LogP contribution in [0.25, 0.3) is 0 Å². The van der Waals surface area contributed by atoms with Crippen LogP contribution in [0.15, 0.2) is 24.5 Å². The molecule has 0 amide bonds. The summed E-state index contributed by atoms with van der Waals surface area (Å²) in [6, 6.07) is 4.38. The van der Waals surface area contributed by atoms with Gasteiger partial charge in [-0.15, -0.1) is 0 Å². The fourth-order valence-electron chi connectivity index (χ4n) is 4.49. The largest absolute Gasteiger partial charge is 0.316 e. The first-order valence-electron chi connectivity index (χ1n) is 8.81. The number of aryl methyl sites for hydroxylation is 2. The number of fused-ring (bicyclic) bond motifs is 2. The number of nitrogens with zero attached hydrogens (tertiary/aromatic N) is 3. The molecule has 4 heterocycles. The van der Waals surface area contributed by atoms with E-state index in [0.717, 1.165) is 41.8 Å². The molecule has 132 valence electrons. The third-order valence-electron chi connectivity index (χ3n) is 5.66. The van der Waals surface area contributed by atoms with Crippen molar-refractivity contribution in [3.8, 4) is 0 Å². The molecule has 6 heteroatoms. The zero-order valence-corrected chi connectivity index (χ0v) is 16.1. The Morgan fingerprint density at radius 1 is 0.920 bits per heavy atom. The lowest BCUT2D eigenvalue weighted by molar-refractivity contribution is 0.141. The number of rotatable bonds is 2. The molecule has 25 heavy (non-hydrogen) atoms. The van der Waals surface area contributed by atoms with Crippen LogP contribution in [-0.2, 0) is 0 Å². The summed E-state index contributed by atoms with van der Waals surface area (Å²) in [6.07, 6.45) is 5.18. The predicted octanol–water partition coefficient (Wildman–Crippen LogP) is 4.28. The summed E-state index contributed by atoms with van der Waals surface area (Å²) in [5.74, 6) is 1.30. The summed E-state index contributed by atoms with van der Waals surface area (Å²) in [5, 5.41) is 4.74. The highest BCUT2D eigenvalue weighted by molar-refractivity contribution is 6.30. The van der Waals surface area contributed by atoms with E-state index in [-0.39, 0.29) is 0 Å². The van der Waals surface area contributed by atoms with Crippen LogP contribution in [0.4, 0.5) is 11.4 Å². The van der Waals surface area contributed by atoms with E-state index in [1.807, 2.05) is 26.2 Å². The molecule has 0 spiro atoms. The van der Waals surface area contributed by atoms with Crippen LogP contribution in [-0.4, -0.2) is 36.1 Å². The van der Waals surface area contributed by atoms with Crippen LogP contribution in [0.5, 0.6) is 0 Å². The summed E-state index contributed by atoms with van der Waals surface area (Å²) in [4.78, 5) is 8.89. The maximum Gasteiger partial charge on any atom is 0.156 e. The monoisotopic (exact) mass is 377 g/mol. The molecule has 2 bridgehead atoms. The molecule has 0 saturated carbocycles. The average Bonchev–Trinajstić information content (AvgIpc) is 2.59. The van der Waals surface area contributed by atoms with Crippen molar-refractivity contribution in [3.63, 3.8) is 0 Å². The van der Waals surface area contributed by atoms with E-state index in [1.54, 1.807) is 0 Å². The van der Waals surface area contributed by atoms with Gasteiger partial charge in [0.25, 0.3) is 0 Å². The number of hydrogen-bond acceptors (Lipinski definition) is 3. The minimum Gasteiger partial charge on any atom is -0.316 e. The lowest BCUT2D eigenvalue weighted by Crippen LogP contribution is -2.60. The van der Waals surface area contributed by atoms with Crippen LogP contribution in [0.1, 0.15) is 17.5 Å². The fourth-order valence-corrected chi connectivity index (χ4v) is 4.70. The lowest BCUT2D eigenvalue weighted by Gasteiger charge is -2.48. The van der Waals surface area contributed by atoms with Gasteiger partial charge in [-0.25, -0.2) is 9.97 Å². The predicted molar refractivity (Wildman–Crippen MR) is 104 cm³/mol. The Labute approximate surface area is 158 Å². The van der Waals surface area contributed by atoms with Crippen LogP contribution in [0, 0.1) is 25.7 Å². The molecule has 2 aromatic heterocycles. The number of halogens is 2. The molecule has 2 saturated heterocycles. The topological polar surface area (TPSA) is 37.8 Å². The molecular weight excluding hydrogens is 355 g/mol. The smallest absolute Gasteiger partial charge is 0.156 e. The summed E-state index contributed by atoms with van der Waals surface area (Å²) < 4.78 is 0.785. The molecule has 2 aliphatic rings. The molecule has 2 atom stereocenters. The normalized spacial score (nSPS) is 25.0. The minimum atomic E-state index is 0.575. The second kappa shape index (κ2) is 6.51. The van der Waals surface area contributed by atoms with Crippen molar-refractivity contribution in [1.29, 1.82) is 0 Å². The van der Waals surface area contributed by atoms with Crippen molar-refractivity contribution < 1.29 is 0 Å². The molecule has 0 radical (unpaired) electrons. The van der Waals surface area contributed by atoms with Crippen LogP contribution in [0.2, 0.25) is 10.3 Å². The van der Waals surface area contributed by atoms with E-state index in [0.29, 0.717) is 22.1 Å². The van der Waals surface area contributed by atoms with Crippen molar-refractivity contribution in [2.24, 2.45) is 11.8 Å². The summed E-state index contributed by atoms with van der Waals surface area (Å²) in [7, 11) is 0. The first-order valence-corrected chi connectivity index (χ1v) is 9.57. The van der Waals surface area contributed by atoms with Crippen molar-refractivity contribution in [2.45, 2.75) is 20.3 Å². The lowest BCUT2D eigenvalue weighted by atomic mass is 9.83. The Morgan fingerprint density at radius 2 is 1.40 bits per heavy atom. The Bertz CT molecular complexity index is 743. The zero-order valence-electron chi connectivity index (χ0n) is 14.6. The maximum atomic E-state index is 6.19. The number of hydrogen-bond donors (Lipinski definition) is 1. The van der Waals surface area contributed by atoms with Gasteiger partial charge >= 0.3 is 0 Å². The Balaban J connectivity index is 1.88. The molecule has 4 rings (SSSR count). The van der Waals surface area contributed by atoms with Crippen LogP contribution in [0.3, 0.4) is 0 Å². The maximum absolute atomic E-state index is 6.19. The average molecular weight is 378 g/mol. The Kier molecular flexibility index (Phi) is 4.49. The molecular formula is C19H23Cl2N4+. The van der Waals surface area contributed by atoms with E-state index < -0.39 is 0 Å². The van der Waals surface area contributed by atoms with Gasteiger partial charge in [-0.3, -0.25) is 4.48 Å². The van der Waals surface area contributed by atoms with Crippen molar-refractivity contribution >= 4 is 34.6 Å². The van der Waals surface area contributed by atoms with Gasteiger partial charge in [-0.2, -0.15) is 0 Å².